The molecule has 2 heterocycles. The number of hydrogen-bond donors (Lipinski definition) is 0. The molecule has 2 aromatic rings. The number of aromatic nitrogens is 1. The summed E-state index contributed by atoms with van der Waals surface area (Å²) in [5.74, 6) is -0.212. The van der Waals surface area contributed by atoms with E-state index < -0.39 is 0 Å². The van der Waals surface area contributed by atoms with E-state index in [0.29, 0.717) is 26.6 Å². The average Bonchev–Trinajstić information content (AvgIpc) is 3.16. The first-order valence-corrected chi connectivity index (χ1v) is 10.5. The van der Waals surface area contributed by atoms with Crippen LogP contribution in [0.25, 0.3) is 6.08 Å². The molecule has 27 heavy (non-hydrogen) atoms. The van der Waals surface area contributed by atoms with Crippen LogP contribution in [-0.2, 0) is 9.59 Å². The normalized spacial score (nSPS) is 15.7. The number of hydrogen-bond acceptors (Lipinski definition) is 6. The maximum Gasteiger partial charge on any atom is 0.266 e. The van der Waals surface area contributed by atoms with Crippen molar-refractivity contribution >= 4 is 68.3 Å². The quantitative estimate of drug-likeness (QED) is 0.535. The topological polar surface area (TPSA) is 53.5 Å². The van der Waals surface area contributed by atoms with Gasteiger partial charge in [-0.2, -0.15) is 0 Å². The van der Waals surface area contributed by atoms with Gasteiger partial charge < -0.3 is 0 Å². The second kappa shape index (κ2) is 7.92. The number of rotatable bonds is 4. The predicted octanol–water partition coefficient (Wildman–Crippen LogP) is 4.67. The zero-order valence-corrected chi connectivity index (χ0v) is 17.9. The number of thiocarbonyl (C=S) groups is 1. The standard InChI is InChI=1S/C19H19N3O2S3/c1-5-21-17(24)16(27-19(21)25)9-14-10-26-18(20-14)22(13(4)23)15-7-6-11(2)12(3)8-15/h6-10H,5H2,1-4H3/b16-9+. The molecule has 1 aliphatic rings. The minimum atomic E-state index is -0.114. The van der Waals surface area contributed by atoms with Crippen LogP contribution in [0.2, 0.25) is 0 Å². The van der Waals surface area contributed by atoms with Gasteiger partial charge >= 0.3 is 0 Å². The smallest absolute Gasteiger partial charge is 0.266 e. The van der Waals surface area contributed by atoms with Crippen molar-refractivity contribution in [3.63, 3.8) is 0 Å². The van der Waals surface area contributed by atoms with Crippen LogP contribution in [-0.4, -0.2) is 32.6 Å². The van der Waals surface area contributed by atoms with Crippen molar-refractivity contribution in [3.8, 4) is 0 Å². The Morgan fingerprint density at radius 1 is 1.33 bits per heavy atom. The highest BCUT2D eigenvalue weighted by Gasteiger charge is 2.31. The van der Waals surface area contributed by atoms with E-state index in [-0.39, 0.29) is 11.8 Å². The fraction of sp³-hybridized carbons (Fsp3) is 0.263. The third-order valence-electron chi connectivity index (χ3n) is 4.23. The van der Waals surface area contributed by atoms with E-state index in [4.69, 9.17) is 12.2 Å². The average molecular weight is 418 g/mol. The molecule has 1 fully saturated rings. The molecular formula is C19H19N3O2S3. The van der Waals surface area contributed by atoms with Gasteiger partial charge in [-0.3, -0.25) is 19.4 Å². The molecule has 0 saturated carbocycles. The van der Waals surface area contributed by atoms with Crippen molar-refractivity contribution in [1.82, 2.24) is 9.88 Å². The van der Waals surface area contributed by atoms with Gasteiger partial charge in [-0.1, -0.05) is 30.0 Å². The Labute approximate surface area is 172 Å². The van der Waals surface area contributed by atoms with Gasteiger partial charge in [0.15, 0.2) is 5.13 Å². The van der Waals surface area contributed by atoms with Gasteiger partial charge in [0, 0.05) is 18.8 Å². The van der Waals surface area contributed by atoms with Crippen LogP contribution < -0.4 is 4.90 Å². The van der Waals surface area contributed by atoms with Gasteiger partial charge in [-0.05, 0) is 50.1 Å². The van der Waals surface area contributed by atoms with E-state index >= 15 is 0 Å². The number of nitrogens with zero attached hydrogens (tertiary/aromatic N) is 3. The molecule has 1 aliphatic heterocycles. The van der Waals surface area contributed by atoms with Gasteiger partial charge in [0.25, 0.3) is 5.91 Å². The molecule has 5 nitrogen and oxygen atoms in total. The maximum absolute atomic E-state index is 12.4. The van der Waals surface area contributed by atoms with Gasteiger partial charge in [0.2, 0.25) is 5.91 Å². The summed E-state index contributed by atoms with van der Waals surface area (Å²) in [5, 5.41) is 2.41. The highest BCUT2D eigenvalue weighted by molar-refractivity contribution is 8.26. The number of carbonyl (C=O) groups excluding carboxylic acids is 2. The van der Waals surface area contributed by atoms with Crippen molar-refractivity contribution in [2.45, 2.75) is 27.7 Å². The van der Waals surface area contributed by atoms with Crippen LogP contribution >= 0.6 is 35.3 Å². The Bertz CT molecular complexity index is 965. The highest BCUT2D eigenvalue weighted by Crippen LogP contribution is 2.34. The number of likely N-dealkylation sites (N-methyl/N-ethyl adjacent to an activating group) is 1. The Hall–Kier alpha value is -2.03. The zero-order valence-electron chi connectivity index (χ0n) is 15.5. The Kier molecular flexibility index (Phi) is 5.78. The molecule has 3 rings (SSSR count). The summed E-state index contributed by atoms with van der Waals surface area (Å²) in [6.07, 6.45) is 1.73. The fourth-order valence-electron chi connectivity index (χ4n) is 2.64. The van der Waals surface area contributed by atoms with Gasteiger partial charge in [0.05, 0.1) is 16.3 Å². The largest absolute Gasteiger partial charge is 0.293 e. The van der Waals surface area contributed by atoms with Crippen LogP contribution in [0.3, 0.4) is 0 Å². The fourth-order valence-corrected chi connectivity index (χ4v) is 4.86. The lowest BCUT2D eigenvalue weighted by atomic mass is 10.1. The Morgan fingerprint density at radius 3 is 2.67 bits per heavy atom. The maximum atomic E-state index is 12.4. The number of aryl methyl sites for hydroxylation is 2. The van der Waals surface area contributed by atoms with E-state index in [9.17, 15) is 9.59 Å². The molecule has 0 bridgehead atoms. The van der Waals surface area contributed by atoms with Crippen molar-refractivity contribution in [2.75, 3.05) is 11.4 Å². The van der Waals surface area contributed by atoms with Crippen molar-refractivity contribution in [2.24, 2.45) is 0 Å². The Balaban J connectivity index is 1.92. The van der Waals surface area contributed by atoms with Crippen LogP contribution in [0.4, 0.5) is 10.8 Å². The summed E-state index contributed by atoms with van der Waals surface area (Å²) in [7, 11) is 0. The van der Waals surface area contributed by atoms with Crippen LogP contribution in [0.5, 0.6) is 0 Å². The van der Waals surface area contributed by atoms with Crippen LogP contribution in [0.1, 0.15) is 30.7 Å². The molecule has 2 amide bonds. The van der Waals surface area contributed by atoms with Crippen LogP contribution in [0.15, 0.2) is 28.5 Å². The second-order valence-electron chi connectivity index (χ2n) is 6.10. The van der Waals surface area contributed by atoms with Crippen molar-refractivity contribution in [1.29, 1.82) is 0 Å². The van der Waals surface area contributed by atoms with E-state index in [1.807, 2.05) is 44.4 Å². The number of anilines is 2. The van der Waals surface area contributed by atoms with E-state index in [0.717, 1.165) is 11.3 Å². The molecule has 1 aromatic heterocycles. The van der Waals surface area contributed by atoms with Gasteiger partial charge in [-0.25, -0.2) is 4.98 Å². The molecule has 1 aromatic carbocycles. The molecule has 0 atom stereocenters. The lowest BCUT2D eigenvalue weighted by Crippen LogP contribution is -2.27. The number of amides is 2. The van der Waals surface area contributed by atoms with E-state index in [1.54, 1.807) is 15.9 Å². The summed E-state index contributed by atoms with van der Waals surface area (Å²) < 4.78 is 0.560. The van der Waals surface area contributed by atoms with Crippen molar-refractivity contribution < 1.29 is 9.59 Å². The molecule has 0 unspecified atom stereocenters. The third-order valence-corrected chi connectivity index (χ3v) is 6.46. The van der Waals surface area contributed by atoms with E-state index in [2.05, 4.69) is 4.98 Å². The predicted molar refractivity (Wildman–Crippen MR) is 116 cm³/mol. The summed E-state index contributed by atoms with van der Waals surface area (Å²) in [5.41, 5.74) is 3.70. The van der Waals surface area contributed by atoms with Crippen molar-refractivity contribution in [3.05, 3.63) is 45.3 Å². The Morgan fingerprint density at radius 2 is 2.07 bits per heavy atom. The zero-order chi connectivity index (χ0) is 19.7. The molecule has 140 valence electrons. The summed E-state index contributed by atoms with van der Waals surface area (Å²) in [6.45, 7) is 8.01. The monoisotopic (exact) mass is 417 g/mol. The highest BCUT2D eigenvalue weighted by atomic mass is 32.2. The number of thioether (sulfide) groups is 1. The third kappa shape index (κ3) is 3.97. The first-order chi connectivity index (χ1) is 12.8. The molecule has 0 radical (unpaired) electrons. The molecule has 0 aliphatic carbocycles. The second-order valence-corrected chi connectivity index (χ2v) is 8.62. The number of benzene rings is 1. The molecule has 8 heteroatoms. The first kappa shape index (κ1) is 19.7. The molecule has 0 spiro atoms. The molecule has 1 saturated heterocycles. The SMILES string of the molecule is CCN1C(=O)/C(=C\c2csc(N(C(C)=O)c3ccc(C)c(C)c3)n2)SC1=S. The minimum absolute atomic E-state index is 0.0976. The number of thiazole rings is 1. The summed E-state index contributed by atoms with van der Waals surface area (Å²) in [4.78, 5) is 32.9. The van der Waals surface area contributed by atoms with Gasteiger partial charge in [0.1, 0.15) is 4.32 Å². The summed E-state index contributed by atoms with van der Waals surface area (Å²) >= 11 is 7.88. The van der Waals surface area contributed by atoms with Gasteiger partial charge in [-0.15, -0.1) is 11.3 Å². The minimum Gasteiger partial charge on any atom is -0.293 e. The number of carbonyl (C=O) groups is 2. The summed E-state index contributed by atoms with van der Waals surface area (Å²) in [6, 6.07) is 5.88. The molecule has 0 N–H and O–H groups in total. The lowest BCUT2D eigenvalue weighted by molar-refractivity contribution is -0.122. The van der Waals surface area contributed by atoms with E-state index in [1.165, 1.54) is 35.6 Å². The first-order valence-electron chi connectivity index (χ1n) is 8.40. The molecular weight excluding hydrogens is 398 g/mol. The van der Waals surface area contributed by atoms with Crippen LogP contribution in [0, 0.1) is 13.8 Å². The lowest BCUT2D eigenvalue weighted by Gasteiger charge is -2.19.